The number of rotatable bonds is 3. The molecule has 5 rings (SSSR count). The molecule has 0 spiro atoms. The summed E-state index contributed by atoms with van der Waals surface area (Å²) in [5.74, 6) is -0.107. The molecule has 0 unspecified atom stereocenters. The maximum atomic E-state index is 12.9. The van der Waals surface area contributed by atoms with Crippen LogP contribution in [-0.4, -0.2) is 41.2 Å². The molecule has 1 amide bonds. The number of fused-ring (bicyclic) bond motifs is 2. The zero-order valence-electron chi connectivity index (χ0n) is 15.8. The summed E-state index contributed by atoms with van der Waals surface area (Å²) in [6.07, 6.45) is 3.13. The van der Waals surface area contributed by atoms with Gasteiger partial charge in [0.1, 0.15) is 11.9 Å². The predicted molar refractivity (Wildman–Crippen MR) is 109 cm³/mol. The average molecular weight is 375 g/mol. The first kappa shape index (κ1) is 17.5. The lowest BCUT2D eigenvalue weighted by Gasteiger charge is -2.48. The third-order valence-corrected chi connectivity index (χ3v) is 6.01. The van der Waals surface area contributed by atoms with Crippen molar-refractivity contribution in [3.63, 3.8) is 0 Å². The minimum Gasteiger partial charge on any atom is -0.355 e. The Morgan fingerprint density at radius 1 is 1.07 bits per heavy atom. The van der Waals surface area contributed by atoms with Crippen LogP contribution in [0.15, 0.2) is 60.7 Å². The van der Waals surface area contributed by atoms with Crippen LogP contribution in [0, 0.1) is 0 Å². The van der Waals surface area contributed by atoms with Gasteiger partial charge in [0.2, 0.25) is 0 Å². The monoisotopic (exact) mass is 375 g/mol. The van der Waals surface area contributed by atoms with Gasteiger partial charge in [0.05, 0.1) is 18.7 Å². The molecule has 3 atom stereocenters. The van der Waals surface area contributed by atoms with Crippen LogP contribution >= 0.6 is 0 Å². The summed E-state index contributed by atoms with van der Waals surface area (Å²) in [6.45, 7) is 1.64. The second kappa shape index (κ2) is 7.41. The molecule has 5 nitrogen and oxygen atoms in total. The summed E-state index contributed by atoms with van der Waals surface area (Å²) in [5, 5.41) is 4.18. The minimum absolute atomic E-state index is 0.107. The number of benzene rings is 2. The molecule has 2 aliphatic rings. The van der Waals surface area contributed by atoms with Crippen molar-refractivity contribution >= 4 is 16.8 Å². The molecule has 0 radical (unpaired) electrons. The molecule has 0 bridgehead atoms. The van der Waals surface area contributed by atoms with Crippen molar-refractivity contribution in [1.82, 2.24) is 15.2 Å². The van der Waals surface area contributed by atoms with E-state index in [0.29, 0.717) is 12.3 Å². The van der Waals surface area contributed by atoms with E-state index in [1.165, 1.54) is 18.4 Å². The van der Waals surface area contributed by atoms with Gasteiger partial charge in [0, 0.05) is 10.9 Å². The maximum absolute atomic E-state index is 12.9. The van der Waals surface area contributed by atoms with E-state index in [9.17, 15) is 4.79 Å². The highest BCUT2D eigenvalue weighted by molar-refractivity contribution is 5.98. The van der Waals surface area contributed by atoms with E-state index >= 15 is 0 Å². The highest BCUT2D eigenvalue weighted by Crippen LogP contribution is 2.34. The van der Waals surface area contributed by atoms with Crippen LogP contribution in [0.5, 0.6) is 0 Å². The molecule has 144 valence electrons. The fourth-order valence-corrected chi connectivity index (χ4v) is 4.60. The Hall–Kier alpha value is -2.63. The fraction of sp³-hybridized carbons (Fsp3) is 0.348. The summed E-state index contributed by atoms with van der Waals surface area (Å²) in [7, 11) is 0. The molecule has 0 aliphatic carbocycles. The summed E-state index contributed by atoms with van der Waals surface area (Å²) in [6, 6.07) is 20.9. The Labute approximate surface area is 164 Å². The molecule has 5 heteroatoms. The molecular formula is C23H25N3O2. The van der Waals surface area contributed by atoms with E-state index < -0.39 is 0 Å². The molecular weight excluding hydrogens is 350 g/mol. The van der Waals surface area contributed by atoms with Gasteiger partial charge in [0.15, 0.2) is 0 Å². The number of hydrogen-bond donors (Lipinski definition) is 2. The van der Waals surface area contributed by atoms with E-state index in [0.717, 1.165) is 23.9 Å². The number of carbonyl (C=O) groups excluding carboxylic acids is 1. The van der Waals surface area contributed by atoms with Crippen molar-refractivity contribution in [3.8, 4) is 0 Å². The van der Waals surface area contributed by atoms with E-state index in [2.05, 4.69) is 39.5 Å². The van der Waals surface area contributed by atoms with Gasteiger partial charge >= 0.3 is 0 Å². The number of aromatic nitrogens is 1. The Balaban J connectivity index is 1.35. The summed E-state index contributed by atoms with van der Waals surface area (Å²) < 4.78 is 6.19. The fourth-order valence-electron chi connectivity index (χ4n) is 4.60. The van der Waals surface area contributed by atoms with E-state index in [1.807, 2.05) is 36.4 Å². The van der Waals surface area contributed by atoms with Gasteiger partial charge in [-0.25, -0.2) is 0 Å². The van der Waals surface area contributed by atoms with E-state index in [-0.39, 0.29) is 24.2 Å². The Bertz CT molecular complexity index is 935. The number of nitrogens with zero attached hydrogens (tertiary/aromatic N) is 1. The van der Waals surface area contributed by atoms with Crippen molar-refractivity contribution in [2.24, 2.45) is 0 Å². The van der Waals surface area contributed by atoms with Crippen LogP contribution in [0.25, 0.3) is 10.9 Å². The van der Waals surface area contributed by atoms with Crippen molar-refractivity contribution in [1.29, 1.82) is 0 Å². The number of H-pyrrole nitrogens is 1. The van der Waals surface area contributed by atoms with Crippen LogP contribution < -0.4 is 5.32 Å². The number of para-hydroxylation sites is 1. The first-order chi connectivity index (χ1) is 13.8. The van der Waals surface area contributed by atoms with Gasteiger partial charge in [-0.15, -0.1) is 0 Å². The zero-order chi connectivity index (χ0) is 18.9. The SMILES string of the molecule is O=C(N[C@@H]1OC[C@@H](c2ccccc2)N2CCCC[C@@H]12)c1cc2ccccc2[nH]1. The number of piperidine rings is 1. The molecule has 28 heavy (non-hydrogen) atoms. The molecule has 2 fully saturated rings. The smallest absolute Gasteiger partial charge is 0.269 e. The molecule has 2 saturated heterocycles. The number of carbonyl (C=O) groups is 1. The second-order valence-corrected chi connectivity index (χ2v) is 7.73. The number of morpholine rings is 1. The summed E-state index contributed by atoms with van der Waals surface area (Å²) >= 11 is 0. The lowest BCUT2D eigenvalue weighted by molar-refractivity contribution is -0.125. The lowest BCUT2D eigenvalue weighted by Crippen LogP contribution is -2.60. The van der Waals surface area contributed by atoms with Crippen LogP contribution in [0.1, 0.15) is 41.4 Å². The Morgan fingerprint density at radius 2 is 1.89 bits per heavy atom. The number of ether oxygens (including phenoxy) is 1. The van der Waals surface area contributed by atoms with Crippen LogP contribution in [0.2, 0.25) is 0 Å². The Morgan fingerprint density at radius 3 is 2.75 bits per heavy atom. The maximum Gasteiger partial charge on any atom is 0.269 e. The van der Waals surface area contributed by atoms with Gasteiger partial charge in [-0.05, 0) is 37.1 Å². The number of nitrogens with one attached hydrogen (secondary N) is 2. The van der Waals surface area contributed by atoms with Gasteiger partial charge in [-0.2, -0.15) is 0 Å². The van der Waals surface area contributed by atoms with Gasteiger partial charge < -0.3 is 15.0 Å². The van der Waals surface area contributed by atoms with Crippen LogP contribution in [0.4, 0.5) is 0 Å². The third kappa shape index (κ3) is 3.21. The first-order valence-electron chi connectivity index (χ1n) is 10.1. The second-order valence-electron chi connectivity index (χ2n) is 7.73. The molecule has 3 heterocycles. The van der Waals surface area contributed by atoms with Crippen molar-refractivity contribution in [2.45, 2.75) is 37.6 Å². The van der Waals surface area contributed by atoms with Crippen LogP contribution in [0.3, 0.4) is 0 Å². The van der Waals surface area contributed by atoms with Crippen molar-refractivity contribution in [3.05, 3.63) is 71.9 Å². The Kier molecular flexibility index (Phi) is 4.63. The van der Waals surface area contributed by atoms with Gasteiger partial charge in [-0.3, -0.25) is 9.69 Å². The van der Waals surface area contributed by atoms with Crippen molar-refractivity contribution in [2.75, 3.05) is 13.2 Å². The number of amides is 1. The largest absolute Gasteiger partial charge is 0.355 e. The highest BCUT2D eigenvalue weighted by Gasteiger charge is 2.40. The van der Waals surface area contributed by atoms with E-state index in [1.54, 1.807) is 0 Å². The van der Waals surface area contributed by atoms with E-state index in [4.69, 9.17) is 4.74 Å². The molecule has 2 aliphatic heterocycles. The lowest BCUT2D eigenvalue weighted by atomic mass is 9.93. The standard InChI is InChI=1S/C23H25N3O2/c27-22(19-14-17-10-4-5-11-18(17)24-19)25-23-20-12-6-7-13-26(20)21(15-28-23)16-8-2-1-3-9-16/h1-5,8-11,14,20-21,23-24H,6-7,12-13,15H2,(H,25,27)/t20-,21-,23+/m0/s1. The average Bonchev–Trinajstić information content (AvgIpc) is 3.19. The number of hydrogen-bond acceptors (Lipinski definition) is 3. The van der Waals surface area contributed by atoms with Gasteiger partial charge in [-0.1, -0.05) is 55.0 Å². The topological polar surface area (TPSA) is 57.4 Å². The number of aromatic amines is 1. The zero-order valence-corrected chi connectivity index (χ0v) is 15.8. The molecule has 2 N–H and O–H groups in total. The summed E-state index contributed by atoms with van der Waals surface area (Å²) in [5.41, 5.74) is 2.84. The summed E-state index contributed by atoms with van der Waals surface area (Å²) in [4.78, 5) is 18.6. The minimum atomic E-state index is -0.279. The normalized spacial score (nSPS) is 25.4. The molecule has 3 aromatic rings. The molecule has 1 aromatic heterocycles. The molecule has 2 aromatic carbocycles. The highest BCUT2D eigenvalue weighted by atomic mass is 16.5. The predicted octanol–water partition coefficient (Wildman–Crippen LogP) is 3.85. The van der Waals surface area contributed by atoms with Gasteiger partial charge in [0.25, 0.3) is 5.91 Å². The van der Waals surface area contributed by atoms with Crippen molar-refractivity contribution < 1.29 is 9.53 Å². The third-order valence-electron chi connectivity index (χ3n) is 6.01. The first-order valence-corrected chi connectivity index (χ1v) is 10.1. The van der Waals surface area contributed by atoms with Crippen LogP contribution in [-0.2, 0) is 4.74 Å². The quantitative estimate of drug-likeness (QED) is 0.731. The molecule has 0 saturated carbocycles.